The summed E-state index contributed by atoms with van der Waals surface area (Å²) < 4.78 is 5.13. The zero-order valence-corrected chi connectivity index (χ0v) is 13.5. The highest BCUT2D eigenvalue weighted by atomic mass is 16.6. The molecule has 130 valence electrons. The second-order valence-corrected chi connectivity index (χ2v) is 4.98. The van der Waals surface area contributed by atoms with Crippen LogP contribution in [0.15, 0.2) is 42.5 Å². The number of carbonyl (C=O) groups excluding carboxylic acids is 2. The first-order valence-corrected chi connectivity index (χ1v) is 7.17. The van der Waals surface area contributed by atoms with Crippen molar-refractivity contribution in [1.82, 2.24) is 0 Å². The Morgan fingerprint density at radius 2 is 1.60 bits per heavy atom. The number of carbonyl (C=O) groups is 2. The van der Waals surface area contributed by atoms with Gasteiger partial charge < -0.3 is 20.7 Å². The van der Waals surface area contributed by atoms with Gasteiger partial charge in [0.15, 0.2) is 0 Å². The van der Waals surface area contributed by atoms with Gasteiger partial charge in [-0.25, -0.2) is 4.79 Å². The molecule has 0 saturated heterocycles. The SMILES string of the molecule is COc1ccc(NC(=O)Nc2ccc([N+](=O)[O-])cc2)cc1NC(C)=O. The quantitative estimate of drug-likeness (QED) is 0.568. The summed E-state index contributed by atoms with van der Waals surface area (Å²) in [6.45, 7) is 1.36. The smallest absolute Gasteiger partial charge is 0.323 e. The summed E-state index contributed by atoms with van der Waals surface area (Å²) >= 11 is 0. The number of non-ortho nitro benzene ring substituents is 1. The van der Waals surface area contributed by atoms with Gasteiger partial charge in [0.2, 0.25) is 5.91 Å². The Labute approximate surface area is 143 Å². The summed E-state index contributed by atoms with van der Waals surface area (Å²) in [5, 5.41) is 18.4. The molecule has 3 N–H and O–H groups in total. The standard InChI is InChI=1S/C16H16N4O5/c1-10(21)17-14-9-12(5-8-15(14)25-2)19-16(22)18-11-3-6-13(7-4-11)20(23)24/h3-9H,1-2H3,(H,17,21)(H2,18,19,22). The van der Waals surface area contributed by atoms with Crippen molar-refractivity contribution in [1.29, 1.82) is 0 Å². The fourth-order valence-corrected chi connectivity index (χ4v) is 2.03. The molecular formula is C16H16N4O5. The van der Waals surface area contributed by atoms with Crippen LogP contribution in [0.1, 0.15) is 6.92 Å². The molecule has 0 saturated carbocycles. The lowest BCUT2D eigenvalue weighted by molar-refractivity contribution is -0.384. The molecule has 3 amide bonds. The van der Waals surface area contributed by atoms with Gasteiger partial charge in [-0.1, -0.05) is 0 Å². The maximum Gasteiger partial charge on any atom is 0.323 e. The van der Waals surface area contributed by atoms with E-state index < -0.39 is 11.0 Å². The second kappa shape index (κ2) is 7.77. The van der Waals surface area contributed by atoms with Crippen LogP contribution in [0.25, 0.3) is 0 Å². The number of benzene rings is 2. The van der Waals surface area contributed by atoms with Crippen LogP contribution in [0.4, 0.5) is 27.5 Å². The van der Waals surface area contributed by atoms with Crippen LogP contribution >= 0.6 is 0 Å². The number of anilines is 3. The molecule has 2 aromatic carbocycles. The molecule has 0 fully saturated rings. The molecular weight excluding hydrogens is 328 g/mol. The highest BCUT2D eigenvalue weighted by Crippen LogP contribution is 2.28. The molecule has 2 rings (SSSR count). The highest BCUT2D eigenvalue weighted by molar-refractivity contribution is 6.00. The van der Waals surface area contributed by atoms with Crippen LogP contribution in [-0.2, 0) is 4.79 Å². The molecule has 0 aromatic heterocycles. The van der Waals surface area contributed by atoms with E-state index in [0.717, 1.165) is 0 Å². The number of amides is 3. The van der Waals surface area contributed by atoms with Gasteiger partial charge in [0, 0.05) is 30.4 Å². The van der Waals surface area contributed by atoms with Crippen molar-refractivity contribution in [3.05, 3.63) is 52.6 Å². The molecule has 9 nitrogen and oxygen atoms in total. The minimum Gasteiger partial charge on any atom is -0.495 e. The summed E-state index contributed by atoms with van der Waals surface area (Å²) in [6.07, 6.45) is 0. The average Bonchev–Trinajstić information content (AvgIpc) is 2.55. The molecule has 0 unspecified atom stereocenters. The lowest BCUT2D eigenvalue weighted by atomic mass is 10.2. The fourth-order valence-electron chi connectivity index (χ4n) is 2.03. The normalized spacial score (nSPS) is 9.84. The Morgan fingerprint density at radius 1 is 1.00 bits per heavy atom. The van der Waals surface area contributed by atoms with Gasteiger partial charge >= 0.3 is 6.03 Å². The number of urea groups is 1. The lowest BCUT2D eigenvalue weighted by Crippen LogP contribution is -2.19. The minimum atomic E-state index is -0.534. The van der Waals surface area contributed by atoms with E-state index in [1.165, 1.54) is 38.3 Å². The largest absolute Gasteiger partial charge is 0.495 e. The van der Waals surface area contributed by atoms with Crippen molar-refractivity contribution in [2.24, 2.45) is 0 Å². The summed E-state index contributed by atoms with van der Waals surface area (Å²) in [6, 6.07) is 9.66. The fraction of sp³-hybridized carbons (Fsp3) is 0.125. The van der Waals surface area contributed by atoms with Crippen LogP contribution in [-0.4, -0.2) is 24.0 Å². The number of nitrogens with zero attached hydrogens (tertiary/aromatic N) is 1. The van der Waals surface area contributed by atoms with Gasteiger partial charge in [-0.2, -0.15) is 0 Å². The van der Waals surface area contributed by atoms with Crippen LogP contribution in [0.2, 0.25) is 0 Å². The van der Waals surface area contributed by atoms with Gasteiger partial charge in [0.1, 0.15) is 5.75 Å². The Hall–Kier alpha value is -3.62. The van der Waals surface area contributed by atoms with E-state index >= 15 is 0 Å². The van der Waals surface area contributed by atoms with Crippen molar-refractivity contribution >= 4 is 34.7 Å². The van der Waals surface area contributed by atoms with E-state index in [1.807, 2.05) is 0 Å². The molecule has 0 spiro atoms. The number of nitro groups is 1. The van der Waals surface area contributed by atoms with Gasteiger partial charge in [-0.05, 0) is 30.3 Å². The van der Waals surface area contributed by atoms with E-state index in [-0.39, 0.29) is 11.6 Å². The summed E-state index contributed by atoms with van der Waals surface area (Å²) in [5.41, 5.74) is 1.19. The third-order valence-corrected chi connectivity index (χ3v) is 3.10. The Morgan fingerprint density at radius 3 is 2.16 bits per heavy atom. The molecule has 0 aliphatic carbocycles. The van der Waals surface area contributed by atoms with E-state index in [4.69, 9.17) is 4.74 Å². The van der Waals surface area contributed by atoms with E-state index in [2.05, 4.69) is 16.0 Å². The number of hydrogen-bond acceptors (Lipinski definition) is 5. The van der Waals surface area contributed by atoms with Crippen LogP contribution in [0.3, 0.4) is 0 Å². The predicted octanol–water partition coefficient (Wildman–Crippen LogP) is 3.21. The van der Waals surface area contributed by atoms with Gasteiger partial charge in [0.25, 0.3) is 5.69 Å². The number of nitrogens with one attached hydrogen (secondary N) is 3. The molecule has 2 aromatic rings. The summed E-state index contributed by atoms with van der Waals surface area (Å²) in [4.78, 5) is 33.3. The van der Waals surface area contributed by atoms with E-state index in [1.54, 1.807) is 18.2 Å². The first kappa shape index (κ1) is 17.7. The molecule has 25 heavy (non-hydrogen) atoms. The topological polar surface area (TPSA) is 123 Å². The Kier molecular flexibility index (Phi) is 5.51. The van der Waals surface area contributed by atoms with Crippen molar-refractivity contribution in [2.45, 2.75) is 6.92 Å². The number of rotatable bonds is 5. The number of ether oxygens (including phenoxy) is 1. The first-order chi connectivity index (χ1) is 11.9. The van der Waals surface area contributed by atoms with Crippen LogP contribution in [0, 0.1) is 10.1 Å². The second-order valence-electron chi connectivity index (χ2n) is 4.98. The van der Waals surface area contributed by atoms with E-state index in [9.17, 15) is 19.7 Å². The van der Waals surface area contributed by atoms with Crippen molar-refractivity contribution in [3.63, 3.8) is 0 Å². The van der Waals surface area contributed by atoms with Crippen molar-refractivity contribution in [2.75, 3.05) is 23.1 Å². The van der Waals surface area contributed by atoms with Crippen LogP contribution in [0.5, 0.6) is 5.75 Å². The lowest BCUT2D eigenvalue weighted by Gasteiger charge is -2.12. The van der Waals surface area contributed by atoms with Crippen LogP contribution < -0.4 is 20.7 Å². The number of nitro benzene ring substituents is 1. The molecule has 0 aliphatic heterocycles. The molecule has 0 bridgehead atoms. The van der Waals surface area contributed by atoms with Gasteiger partial charge in [0.05, 0.1) is 17.7 Å². The van der Waals surface area contributed by atoms with Crippen molar-refractivity contribution in [3.8, 4) is 5.75 Å². The third-order valence-electron chi connectivity index (χ3n) is 3.10. The predicted molar refractivity (Wildman–Crippen MR) is 93.0 cm³/mol. The molecule has 9 heteroatoms. The average molecular weight is 344 g/mol. The monoisotopic (exact) mass is 344 g/mol. The Bertz CT molecular complexity index is 805. The zero-order valence-electron chi connectivity index (χ0n) is 13.5. The number of hydrogen-bond donors (Lipinski definition) is 3. The minimum absolute atomic E-state index is 0.0685. The maximum absolute atomic E-state index is 12.0. The molecule has 0 aliphatic rings. The number of methoxy groups -OCH3 is 1. The van der Waals surface area contributed by atoms with Gasteiger partial charge in [-0.15, -0.1) is 0 Å². The van der Waals surface area contributed by atoms with Gasteiger partial charge in [-0.3, -0.25) is 14.9 Å². The maximum atomic E-state index is 12.0. The summed E-state index contributed by atoms with van der Waals surface area (Å²) in [5.74, 6) is 0.183. The Balaban J connectivity index is 2.06. The molecule has 0 atom stereocenters. The third kappa shape index (κ3) is 4.93. The van der Waals surface area contributed by atoms with E-state index in [0.29, 0.717) is 22.8 Å². The zero-order chi connectivity index (χ0) is 18.4. The first-order valence-electron chi connectivity index (χ1n) is 7.17. The molecule has 0 heterocycles. The summed E-state index contributed by atoms with van der Waals surface area (Å²) in [7, 11) is 1.47. The van der Waals surface area contributed by atoms with Crippen molar-refractivity contribution < 1.29 is 19.2 Å². The molecule has 0 radical (unpaired) electrons. The highest BCUT2D eigenvalue weighted by Gasteiger charge is 2.09.